The molecule has 4 heteroatoms. The van der Waals surface area contributed by atoms with E-state index >= 15 is 0 Å². The Labute approximate surface area is 113 Å². The third-order valence-electron chi connectivity index (χ3n) is 3.25. The summed E-state index contributed by atoms with van der Waals surface area (Å²) in [6.45, 7) is 3.53. The lowest BCUT2D eigenvalue weighted by atomic mass is 9.96. The van der Waals surface area contributed by atoms with Gasteiger partial charge in [0.15, 0.2) is 6.61 Å². The largest absolute Gasteiger partial charge is 0.455 e. The van der Waals surface area contributed by atoms with Gasteiger partial charge in [0.2, 0.25) is 0 Å². The van der Waals surface area contributed by atoms with Crippen LogP contribution in [0.3, 0.4) is 0 Å². The number of esters is 1. The zero-order valence-electron chi connectivity index (χ0n) is 11.3. The van der Waals surface area contributed by atoms with Gasteiger partial charge in [0.05, 0.1) is 5.41 Å². The first kappa shape index (κ1) is 13.6. The Morgan fingerprint density at radius 3 is 2.42 bits per heavy atom. The minimum Gasteiger partial charge on any atom is -0.455 e. The third-order valence-corrected chi connectivity index (χ3v) is 3.25. The average molecular weight is 261 g/mol. The fraction of sp³-hybridized carbons (Fsp3) is 0.467. The van der Waals surface area contributed by atoms with E-state index in [1.54, 1.807) is 0 Å². The molecule has 0 atom stereocenters. The van der Waals surface area contributed by atoms with E-state index < -0.39 is 5.41 Å². The standard InChI is InChI=1S/C15H19NO3/c1-11(2)16-13(17)10-19-14(18)15(8-9-15)12-6-4-3-5-7-12/h3-7,11H,8-10H2,1-2H3,(H,16,17). The van der Waals surface area contributed by atoms with Gasteiger partial charge in [0.25, 0.3) is 5.91 Å². The molecule has 1 aromatic carbocycles. The van der Waals surface area contributed by atoms with Crippen molar-refractivity contribution in [2.45, 2.75) is 38.1 Å². The lowest BCUT2D eigenvalue weighted by Crippen LogP contribution is -2.35. The quantitative estimate of drug-likeness (QED) is 0.822. The Kier molecular flexibility index (Phi) is 3.88. The van der Waals surface area contributed by atoms with Crippen LogP contribution < -0.4 is 5.32 Å². The van der Waals surface area contributed by atoms with Crippen LogP contribution in [0.4, 0.5) is 0 Å². The van der Waals surface area contributed by atoms with E-state index in [2.05, 4.69) is 5.32 Å². The van der Waals surface area contributed by atoms with Crippen molar-refractivity contribution in [2.75, 3.05) is 6.61 Å². The fourth-order valence-electron chi connectivity index (χ4n) is 2.13. The molecule has 102 valence electrons. The molecule has 0 spiro atoms. The normalized spacial score (nSPS) is 15.9. The summed E-state index contributed by atoms with van der Waals surface area (Å²) in [6, 6.07) is 9.66. The molecule has 1 amide bonds. The summed E-state index contributed by atoms with van der Waals surface area (Å²) in [6.07, 6.45) is 1.59. The molecule has 2 rings (SSSR count). The van der Waals surface area contributed by atoms with Crippen molar-refractivity contribution in [3.63, 3.8) is 0 Å². The Morgan fingerprint density at radius 2 is 1.89 bits per heavy atom. The molecule has 0 bridgehead atoms. The fourth-order valence-corrected chi connectivity index (χ4v) is 2.13. The topological polar surface area (TPSA) is 55.4 Å². The molecule has 1 aliphatic rings. The van der Waals surface area contributed by atoms with Crippen molar-refractivity contribution in [1.29, 1.82) is 0 Å². The molecular formula is C15H19NO3. The predicted molar refractivity (Wildman–Crippen MR) is 71.6 cm³/mol. The van der Waals surface area contributed by atoms with E-state index in [1.807, 2.05) is 44.2 Å². The van der Waals surface area contributed by atoms with Crippen molar-refractivity contribution in [3.05, 3.63) is 35.9 Å². The van der Waals surface area contributed by atoms with E-state index in [0.29, 0.717) is 0 Å². The van der Waals surface area contributed by atoms with Crippen molar-refractivity contribution in [2.24, 2.45) is 0 Å². The van der Waals surface area contributed by atoms with Gasteiger partial charge in [-0.2, -0.15) is 0 Å². The zero-order valence-corrected chi connectivity index (χ0v) is 11.3. The number of rotatable bonds is 5. The van der Waals surface area contributed by atoms with Crippen LogP contribution in [0.1, 0.15) is 32.3 Å². The number of nitrogens with one attached hydrogen (secondary N) is 1. The summed E-state index contributed by atoms with van der Waals surface area (Å²) in [5.74, 6) is -0.551. The first-order chi connectivity index (χ1) is 9.04. The number of ether oxygens (including phenoxy) is 1. The maximum atomic E-state index is 12.1. The summed E-state index contributed by atoms with van der Waals surface area (Å²) < 4.78 is 5.14. The highest BCUT2D eigenvalue weighted by Crippen LogP contribution is 2.49. The van der Waals surface area contributed by atoms with Gasteiger partial charge in [-0.05, 0) is 32.3 Å². The molecule has 0 aliphatic heterocycles. The summed E-state index contributed by atoms with van der Waals surface area (Å²) in [5, 5.41) is 2.69. The second-order valence-corrected chi connectivity index (χ2v) is 5.25. The van der Waals surface area contributed by atoms with E-state index in [9.17, 15) is 9.59 Å². The molecule has 1 aliphatic carbocycles. The molecule has 0 radical (unpaired) electrons. The van der Waals surface area contributed by atoms with Gasteiger partial charge in [-0.3, -0.25) is 9.59 Å². The second-order valence-electron chi connectivity index (χ2n) is 5.25. The van der Waals surface area contributed by atoms with E-state index in [4.69, 9.17) is 4.74 Å². The molecule has 1 fully saturated rings. The molecular weight excluding hydrogens is 242 g/mol. The van der Waals surface area contributed by atoms with Gasteiger partial charge in [0.1, 0.15) is 0 Å². The minimum atomic E-state index is -0.515. The van der Waals surface area contributed by atoms with E-state index in [1.165, 1.54) is 0 Å². The maximum absolute atomic E-state index is 12.1. The highest BCUT2D eigenvalue weighted by molar-refractivity contribution is 5.89. The van der Waals surface area contributed by atoms with Gasteiger partial charge in [0, 0.05) is 6.04 Å². The van der Waals surface area contributed by atoms with Gasteiger partial charge < -0.3 is 10.1 Å². The third kappa shape index (κ3) is 3.13. The van der Waals surface area contributed by atoms with E-state index in [-0.39, 0.29) is 24.5 Å². The zero-order chi connectivity index (χ0) is 13.9. The second kappa shape index (κ2) is 5.43. The minimum absolute atomic E-state index is 0.0511. The molecule has 0 aromatic heterocycles. The van der Waals surface area contributed by atoms with Crippen molar-refractivity contribution in [1.82, 2.24) is 5.32 Å². The SMILES string of the molecule is CC(C)NC(=O)COC(=O)C1(c2ccccc2)CC1. The van der Waals surface area contributed by atoms with Crippen molar-refractivity contribution in [3.8, 4) is 0 Å². The highest BCUT2D eigenvalue weighted by Gasteiger charge is 2.52. The van der Waals surface area contributed by atoms with Crippen LogP contribution in [0.5, 0.6) is 0 Å². The summed E-state index contributed by atoms with van der Waals surface area (Å²) >= 11 is 0. The van der Waals surface area contributed by atoms with Crippen LogP contribution in [0.15, 0.2) is 30.3 Å². The molecule has 0 heterocycles. The van der Waals surface area contributed by atoms with Crippen molar-refractivity contribution >= 4 is 11.9 Å². The summed E-state index contributed by atoms with van der Waals surface area (Å²) in [4.78, 5) is 23.6. The molecule has 0 unspecified atom stereocenters. The van der Waals surface area contributed by atoms with Gasteiger partial charge in [-0.15, -0.1) is 0 Å². The molecule has 1 saturated carbocycles. The van der Waals surface area contributed by atoms with Crippen molar-refractivity contribution < 1.29 is 14.3 Å². The number of hydrogen-bond donors (Lipinski definition) is 1. The number of hydrogen-bond acceptors (Lipinski definition) is 3. The monoisotopic (exact) mass is 261 g/mol. The van der Waals surface area contributed by atoms with Gasteiger partial charge in [-0.25, -0.2) is 0 Å². The maximum Gasteiger partial charge on any atom is 0.317 e. The number of carbonyl (C=O) groups excluding carboxylic acids is 2. The summed E-state index contributed by atoms with van der Waals surface area (Å²) in [7, 11) is 0. The first-order valence-corrected chi connectivity index (χ1v) is 6.57. The Balaban J connectivity index is 1.92. The lowest BCUT2D eigenvalue weighted by Gasteiger charge is -2.15. The summed E-state index contributed by atoms with van der Waals surface area (Å²) in [5.41, 5.74) is 0.462. The van der Waals surface area contributed by atoms with Crippen LogP contribution in [0.2, 0.25) is 0 Å². The van der Waals surface area contributed by atoms with Gasteiger partial charge in [-0.1, -0.05) is 30.3 Å². The van der Waals surface area contributed by atoms with Crippen LogP contribution in [0, 0.1) is 0 Å². The number of carbonyl (C=O) groups is 2. The molecule has 1 aromatic rings. The van der Waals surface area contributed by atoms with E-state index in [0.717, 1.165) is 18.4 Å². The predicted octanol–water partition coefficient (Wildman–Crippen LogP) is 1.79. The average Bonchev–Trinajstić information content (AvgIpc) is 3.18. The van der Waals surface area contributed by atoms with Crippen LogP contribution in [-0.4, -0.2) is 24.5 Å². The Bertz CT molecular complexity index is 464. The van der Waals surface area contributed by atoms with Gasteiger partial charge >= 0.3 is 5.97 Å². The van der Waals surface area contributed by atoms with Crippen LogP contribution in [0.25, 0.3) is 0 Å². The Morgan fingerprint density at radius 1 is 1.26 bits per heavy atom. The molecule has 1 N–H and O–H groups in total. The molecule has 0 saturated heterocycles. The molecule has 4 nitrogen and oxygen atoms in total. The first-order valence-electron chi connectivity index (χ1n) is 6.57. The smallest absolute Gasteiger partial charge is 0.317 e. The van der Waals surface area contributed by atoms with Crippen LogP contribution >= 0.6 is 0 Å². The number of amides is 1. The molecule has 19 heavy (non-hydrogen) atoms. The Hall–Kier alpha value is -1.84. The highest BCUT2D eigenvalue weighted by atomic mass is 16.5. The van der Waals surface area contributed by atoms with Crippen LogP contribution in [-0.2, 0) is 19.7 Å². The number of benzene rings is 1. The lowest BCUT2D eigenvalue weighted by molar-refractivity contribution is -0.151.